The summed E-state index contributed by atoms with van der Waals surface area (Å²) in [7, 11) is 0. The molecule has 0 fully saturated rings. The van der Waals surface area contributed by atoms with Gasteiger partial charge in [0.1, 0.15) is 0 Å². The van der Waals surface area contributed by atoms with Crippen LogP contribution in [0.15, 0.2) is 12.1 Å². The van der Waals surface area contributed by atoms with E-state index in [-0.39, 0.29) is 0 Å². The second-order valence-corrected chi connectivity index (χ2v) is 5.46. The van der Waals surface area contributed by atoms with Crippen LogP contribution >= 0.6 is 11.6 Å². The van der Waals surface area contributed by atoms with Gasteiger partial charge in [0, 0.05) is 17.6 Å². The summed E-state index contributed by atoms with van der Waals surface area (Å²) in [4.78, 5) is 0. The van der Waals surface area contributed by atoms with Crippen molar-refractivity contribution < 1.29 is 9.47 Å². The first kappa shape index (κ1) is 18.1. The Labute approximate surface area is 134 Å². The number of unbranched alkanes of at least 4 members (excludes halogenated alkanes) is 2. The molecule has 0 amide bonds. The van der Waals surface area contributed by atoms with Crippen molar-refractivity contribution in [1.82, 2.24) is 5.32 Å². The Balaban J connectivity index is 2.68. The van der Waals surface area contributed by atoms with Crippen LogP contribution in [0.4, 0.5) is 0 Å². The van der Waals surface area contributed by atoms with Gasteiger partial charge in [-0.05, 0) is 37.9 Å². The Morgan fingerprint density at radius 1 is 1.00 bits per heavy atom. The molecule has 21 heavy (non-hydrogen) atoms. The number of nitrogens with one attached hydrogen (secondary N) is 1. The van der Waals surface area contributed by atoms with Crippen molar-refractivity contribution in [3.05, 3.63) is 22.7 Å². The molecule has 1 rings (SSSR count). The molecule has 0 atom stereocenters. The summed E-state index contributed by atoms with van der Waals surface area (Å²) in [5, 5.41) is 4.16. The normalized spacial score (nSPS) is 10.7. The van der Waals surface area contributed by atoms with Crippen molar-refractivity contribution in [2.75, 3.05) is 19.8 Å². The summed E-state index contributed by atoms with van der Waals surface area (Å²) >= 11 is 6.34. The van der Waals surface area contributed by atoms with Gasteiger partial charge in [0.25, 0.3) is 0 Å². The highest BCUT2D eigenvalue weighted by Gasteiger charge is 2.10. The van der Waals surface area contributed by atoms with E-state index in [4.69, 9.17) is 21.1 Å². The topological polar surface area (TPSA) is 30.5 Å². The Morgan fingerprint density at radius 3 is 2.43 bits per heavy atom. The average Bonchev–Trinajstić information content (AvgIpc) is 2.48. The van der Waals surface area contributed by atoms with Crippen molar-refractivity contribution in [2.45, 2.75) is 53.0 Å². The Hall–Kier alpha value is -0.930. The molecule has 1 aromatic carbocycles. The van der Waals surface area contributed by atoms with E-state index in [1.807, 2.05) is 19.1 Å². The first-order valence-electron chi connectivity index (χ1n) is 8.01. The third-order valence-corrected chi connectivity index (χ3v) is 3.50. The van der Waals surface area contributed by atoms with Gasteiger partial charge in [-0.15, -0.1) is 0 Å². The van der Waals surface area contributed by atoms with Crippen molar-refractivity contribution >= 4 is 11.6 Å². The summed E-state index contributed by atoms with van der Waals surface area (Å²) in [6.07, 6.45) is 4.66. The van der Waals surface area contributed by atoms with Crippen molar-refractivity contribution in [2.24, 2.45) is 0 Å². The zero-order valence-corrected chi connectivity index (χ0v) is 14.3. The van der Waals surface area contributed by atoms with Crippen molar-refractivity contribution in [3.8, 4) is 11.5 Å². The highest BCUT2D eigenvalue weighted by atomic mass is 35.5. The SMILES string of the molecule is CCCCCNCc1cc(OCC)c(OCCC)cc1Cl. The fourth-order valence-corrected chi connectivity index (χ4v) is 2.25. The number of hydrogen-bond acceptors (Lipinski definition) is 3. The number of hydrogen-bond donors (Lipinski definition) is 1. The van der Waals surface area contributed by atoms with E-state index < -0.39 is 0 Å². The van der Waals surface area contributed by atoms with Gasteiger partial charge >= 0.3 is 0 Å². The van der Waals surface area contributed by atoms with Crippen LogP contribution < -0.4 is 14.8 Å². The fourth-order valence-electron chi connectivity index (χ4n) is 2.03. The van der Waals surface area contributed by atoms with E-state index in [9.17, 15) is 0 Å². The second-order valence-electron chi connectivity index (χ2n) is 5.06. The molecule has 3 nitrogen and oxygen atoms in total. The number of rotatable bonds is 11. The average molecular weight is 314 g/mol. The van der Waals surface area contributed by atoms with Gasteiger partial charge < -0.3 is 14.8 Å². The number of benzene rings is 1. The summed E-state index contributed by atoms with van der Waals surface area (Å²) in [5.41, 5.74) is 1.06. The summed E-state index contributed by atoms with van der Waals surface area (Å²) < 4.78 is 11.4. The lowest BCUT2D eigenvalue weighted by Crippen LogP contribution is -2.15. The quantitative estimate of drug-likeness (QED) is 0.595. The lowest BCUT2D eigenvalue weighted by molar-refractivity contribution is 0.276. The molecular weight excluding hydrogens is 286 g/mol. The number of ether oxygens (including phenoxy) is 2. The van der Waals surface area contributed by atoms with E-state index in [0.29, 0.717) is 13.2 Å². The predicted molar refractivity (Wildman–Crippen MR) is 89.6 cm³/mol. The Morgan fingerprint density at radius 2 is 1.76 bits per heavy atom. The number of halogens is 1. The fraction of sp³-hybridized carbons (Fsp3) is 0.647. The minimum absolute atomic E-state index is 0.619. The molecule has 0 aromatic heterocycles. The monoisotopic (exact) mass is 313 g/mol. The van der Waals surface area contributed by atoms with Crippen LogP contribution in [0.3, 0.4) is 0 Å². The molecule has 120 valence electrons. The maximum Gasteiger partial charge on any atom is 0.162 e. The van der Waals surface area contributed by atoms with Crippen LogP contribution in [0.5, 0.6) is 11.5 Å². The van der Waals surface area contributed by atoms with Gasteiger partial charge in [-0.3, -0.25) is 0 Å². The lowest BCUT2D eigenvalue weighted by Gasteiger charge is -2.15. The van der Waals surface area contributed by atoms with Gasteiger partial charge in [-0.25, -0.2) is 0 Å². The molecule has 0 aliphatic rings. The van der Waals surface area contributed by atoms with E-state index in [1.54, 1.807) is 0 Å². The third-order valence-electron chi connectivity index (χ3n) is 3.15. The summed E-state index contributed by atoms with van der Waals surface area (Å²) in [5.74, 6) is 1.51. The molecule has 0 heterocycles. The molecule has 0 aliphatic heterocycles. The predicted octanol–water partition coefficient (Wildman–Crippen LogP) is 4.81. The lowest BCUT2D eigenvalue weighted by atomic mass is 10.2. The zero-order chi connectivity index (χ0) is 15.5. The van der Waals surface area contributed by atoms with Crippen LogP contribution in [-0.2, 0) is 6.54 Å². The molecule has 1 N–H and O–H groups in total. The van der Waals surface area contributed by atoms with E-state index in [1.165, 1.54) is 19.3 Å². The van der Waals surface area contributed by atoms with Gasteiger partial charge in [0.05, 0.1) is 13.2 Å². The molecule has 0 saturated heterocycles. The molecule has 0 saturated carbocycles. The maximum absolute atomic E-state index is 6.34. The smallest absolute Gasteiger partial charge is 0.162 e. The van der Waals surface area contributed by atoms with Crippen molar-refractivity contribution in [3.63, 3.8) is 0 Å². The summed E-state index contributed by atoms with van der Waals surface area (Å²) in [6.45, 7) is 9.33. The molecule has 4 heteroatoms. The van der Waals surface area contributed by atoms with Gasteiger partial charge in [0.15, 0.2) is 11.5 Å². The first-order valence-corrected chi connectivity index (χ1v) is 8.39. The van der Waals surface area contributed by atoms with E-state index in [2.05, 4.69) is 19.2 Å². The Bertz CT molecular complexity index is 410. The molecule has 0 bridgehead atoms. The highest BCUT2D eigenvalue weighted by Crippen LogP contribution is 2.33. The van der Waals surface area contributed by atoms with Gasteiger partial charge in [-0.2, -0.15) is 0 Å². The van der Waals surface area contributed by atoms with Crippen LogP contribution in [0.1, 0.15) is 52.0 Å². The van der Waals surface area contributed by atoms with Gasteiger partial charge in [0.2, 0.25) is 0 Å². The highest BCUT2D eigenvalue weighted by molar-refractivity contribution is 6.31. The molecular formula is C17H28ClNO2. The first-order chi connectivity index (χ1) is 10.2. The molecule has 0 aliphatic carbocycles. The minimum Gasteiger partial charge on any atom is -0.490 e. The third kappa shape index (κ3) is 6.58. The standard InChI is InChI=1S/C17H28ClNO2/c1-4-7-8-9-19-13-14-11-16(20-6-3)17(12-15(14)18)21-10-5-2/h11-12,19H,4-10,13H2,1-3H3. The summed E-state index contributed by atoms with van der Waals surface area (Å²) in [6, 6.07) is 3.86. The zero-order valence-electron chi connectivity index (χ0n) is 13.5. The van der Waals surface area contributed by atoms with E-state index in [0.717, 1.165) is 41.6 Å². The maximum atomic E-state index is 6.34. The molecule has 0 spiro atoms. The van der Waals surface area contributed by atoms with Crippen LogP contribution in [0, 0.1) is 0 Å². The van der Waals surface area contributed by atoms with Crippen LogP contribution in [0.2, 0.25) is 5.02 Å². The minimum atomic E-state index is 0.619. The van der Waals surface area contributed by atoms with Crippen molar-refractivity contribution in [1.29, 1.82) is 0 Å². The molecule has 0 unspecified atom stereocenters. The van der Waals surface area contributed by atoms with E-state index >= 15 is 0 Å². The Kier molecular flexibility index (Phi) is 9.27. The molecule has 1 aromatic rings. The van der Waals surface area contributed by atoms with Crippen LogP contribution in [0.25, 0.3) is 0 Å². The largest absolute Gasteiger partial charge is 0.490 e. The van der Waals surface area contributed by atoms with Gasteiger partial charge in [-0.1, -0.05) is 38.3 Å². The molecule has 0 radical (unpaired) electrons. The van der Waals surface area contributed by atoms with Crippen LogP contribution in [-0.4, -0.2) is 19.8 Å². The second kappa shape index (κ2) is 10.7.